The standard InChI is InChI=1S/C11H11N3O4/c1-3-14-9(15)6-5-12-8(10(16)18-2)4-7(6)13-11(14)17/h4-5H,3H2,1-2H3,(H,13,17). The van der Waals surface area contributed by atoms with Gasteiger partial charge in [-0.25, -0.2) is 14.6 Å². The van der Waals surface area contributed by atoms with Crippen LogP contribution < -0.4 is 11.2 Å². The van der Waals surface area contributed by atoms with Crippen molar-refractivity contribution in [1.29, 1.82) is 0 Å². The second-order valence-electron chi connectivity index (χ2n) is 3.59. The Labute approximate surface area is 101 Å². The third-order valence-corrected chi connectivity index (χ3v) is 2.58. The van der Waals surface area contributed by atoms with Crippen LogP contribution in [0.2, 0.25) is 0 Å². The van der Waals surface area contributed by atoms with Gasteiger partial charge >= 0.3 is 11.7 Å². The highest BCUT2D eigenvalue weighted by Crippen LogP contribution is 2.06. The fourth-order valence-corrected chi connectivity index (χ4v) is 1.65. The predicted molar refractivity (Wildman–Crippen MR) is 63.6 cm³/mol. The number of aromatic nitrogens is 3. The van der Waals surface area contributed by atoms with Crippen LogP contribution in [-0.2, 0) is 11.3 Å². The molecule has 0 bridgehead atoms. The van der Waals surface area contributed by atoms with Gasteiger partial charge in [0.15, 0.2) is 0 Å². The minimum atomic E-state index is -0.627. The summed E-state index contributed by atoms with van der Waals surface area (Å²) in [5.41, 5.74) is -0.642. The molecule has 0 aliphatic rings. The van der Waals surface area contributed by atoms with Gasteiger partial charge in [-0.05, 0) is 13.0 Å². The molecule has 0 aliphatic heterocycles. The number of aromatic amines is 1. The molecule has 2 aromatic rings. The van der Waals surface area contributed by atoms with Crippen molar-refractivity contribution in [3.63, 3.8) is 0 Å². The molecule has 18 heavy (non-hydrogen) atoms. The van der Waals surface area contributed by atoms with E-state index in [1.54, 1.807) is 6.92 Å². The van der Waals surface area contributed by atoms with E-state index in [4.69, 9.17) is 0 Å². The highest BCUT2D eigenvalue weighted by Gasteiger charge is 2.11. The molecule has 0 amide bonds. The SMILES string of the molecule is CCn1c(=O)[nH]c2cc(C(=O)OC)ncc2c1=O. The topological polar surface area (TPSA) is 94.1 Å². The van der Waals surface area contributed by atoms with E-state index in [0.717, 1.165) is 4.57 Å². The molecule has 7 nitrogen and oxygen atoms in total. The van der Waals surface area contributed by atoms with Crippen LogP contribution in [0.3, 0.4) is 0 Å². The first-order chi connectivity index (χ1) is 8.58. The molecule has 0 atom stereocenters. The average Bonchev–Trinajstić information content (AvgIpc) is 2.37. The first-order valence-electron chi connectivity index (χ1n) is 5.29. The largest absolute Gasteiger partial charge is 0.464 e. The van der Waals surface area contributed by atoms with E-state index in [0.29, 0.717) is 0 Å². The zero-order valence-electron chi connectivity index (χ0n) is 9.89. The summed E-state index contributed by atoms with van der Waals surface area (Å²) < 4.78 is 5.57. The first-order valence-corrected chi connectivity index (χ1v) is 5.29. The Morgan fingerprint density at radius 3 is 2.83 bits per heavy atom. The van der Waals surface area contributed by atoms with Crippen LogP contribution in [0.1, 0.15) is 17.4 Å². The van der Waals surface area contributed by atoms with E-state index in [1.807, 2.05) is 0 Å². The van der Waals surface area contributed by atoms with E-state index in [9.17, 15) is 14.4 Å². The van der Waals surface area contributed by atoms with Crippen LogP contribution in [0, 0.1) is 0 Å². The lowest BCUT2D eigenvalue weighted by Crippen LogP contribution is -2.34. The summed E-state index contributed by atoms with van der Waals surface area (Å²) in [5, 5.41) is 0.254. The molecule has 0 spiro atoms. The van der Waals surface area contributed by atoms with Crippen LogP contribution in [-0.4, -0.2) is 27.6 Å². The molecule has 0 saturated heterocycles. The minimum Gasteiger partial charge on any atom is -0.464 e. The van der Waals surface area contributed by atoms with Gasteiger partial charge in [0.1, 0.15) is 5.69 Å². The number of hydrogen-bond acceptors (Lipinski definition) is 5. The lowest BCUT2D eigenvalue weighted by molar-refractivity contribution is 0.0594. The van der Waals surface area contributed by atoms with E-state index < -0.39 is 17.2 Å². The first kappa shape index (κ1) is 12.0. The van der Waals surface area contributed by atoms with Gasteiger partial charge < -0.3 is 9.72 Å². The molecule has 0 radical (unpaired) electrons. The third-order valence-electron chi connectivity index (χ3n) is 2.58. The molecular formula is C11H11N3O4. The van der Waals surface area contributed by atoms with Crippen molar-refractivity contribution in [2.45, 2.75) is 13.5 Å². The Morgan fingerprint density at radius 2 is 2.22 bits per heavy atom. The third kappa shape index (κ3) is 1.79. The number of rotatable bonds is 2. The van der Waals surface area contributed by atoms with E-state index >= 15 is 0 Å². The van der Waals surface area contributed by atoms with Crippen molar-refractivity contribution < 1.29 is 9.53 Å². The summed E-state index contributed by atoms with van der Waals surface area (Å²) in [7, 11) is 1.23. The molecule has 0 aliphatic carbocycles. The van der Waals surface area contributed by atoms with Gasteiger partial charge in [-0.2, -0.15) is 0 Å². The van der Waals surface area contributed by atoms with Crippen LogP contribution >= 0.6 is 0 Å². The Kier molecular flexibility index (Phi) is 2.97. The number of nitrogens with one attached hydrogen (secondary N) is 1. The highest BCUT2D eigenvalue weighted by molar-refractivity contribution is 5.91. The number of esters is 1. The van der Waals surface area contributed by atoms with Crippen molar-refractivity contribution >= 4 is 16.9 Å². The number of hydrogen-bond donors (Lipinski definition) is 1. The van der Waals surface area contributed by atoms with Crippen LogP contribution in [0.15, 0.2) is 21.9 Å². The quantitative estimate of drug-likeness (QED) is 0.749. The summed E-state index contributed by atoms with van der Waals surface area (Å²) >= 11 is 0. The Balaban J connectivity index is 2.78. The fourth-order valence-electron chi connectivity index (χ4n) is 1.65. The fraction of sp³-hybridized carbons (Fsp3) is 0.273. The van der Waals surface area contributed by atoms with Gasteiger partial charge in [-0.3, -0.25) is 9.36 Å². The number of methoxy groups -OCH3 is 1. The predicted octanol–water partition coefficient (Wildman–Crippen LogP) is -0.109. The molecule has 2 aromatic heterocycles. The second kappa shape index (κ2) is 4.44. The summed E-state index contributed by atoms with van der Waals surface area (Å²) in [6, 6.07) is 1.32. The average molecular weight is 249 g/mol. The molecule has 1 N–H and O–H groups in total. The van der Waals surface area contributed by atoms with Crippen molar-refractivity contribution in [3.8, 4) is 0 Å². The minimum absolute atomic E-state index is 0.0364. The van der Waals surface area contributed by atoms with Gasteiger partial charge in [-0.15, -0.1) is 0 Å². The van der Waals surface area contributed by atoms with E-state index in [-0.39, 0.29) is 23.1 Å². The van der Waals surface area contributed by atoms with Crippen molar-refractivity contribution in [3.05, 3.63) is 38.8 Å². The normalized spacial score (nSPS) is 10.6. The maximum absolute atomic E-state index is 11.9. The Bertz CT molecular complexity index is 729. The van der Waals surface area contributed by atoms with Crippen molar-refractivity contribution in [2.24, 2.45) is 0 Å². The number of fused-ring (bicyclic) bond motifs is 1. The monoisotopic (exact) mass is 249 g/mol. The molecule has 94 valence electrons. The number of carbonyl (C=O) groups is 1. The summed E-state index contributed by atoms with van der Waals surface area (Å²) in [4.78, 5) is 41.2. The van der Waals surface area contributed by atoms with Gasteiger partial charge in [0.25, 0.3) is 5.56 Å². The molecule has 0 unspecified atom stereocenters. The summed E-state index contributed by atoms with van der Waals surface area (Å²) in [6.07, 6.45) is 1.26. The molecule has 2 heterocycles. The smallest absolute Gasteiger partial charge is 0.356 e. The van der Waals surface area contributed by atoms with Gasteiger partial charge in [0, 0.05) is 12.7 Å². The van der Waals surface area contributed by atoms with Gasteiger partial charge in [0.05, 0.1) is 18.0 Å². The molecule has 7 heteroatoms. The Morgan fingerprint density at radius 1 is 1.50 bits per heavy atom. The number of H-pyrrole nitrogens is 1. The van der Waals surface area contributed by atoms with Crippen molar-refractivity contribution in [2.75, 3.05) is 7.11 Å². The number of carbonyl (C=O) groups excluding carboxylic acids is 1. The van der Waals surface area contributed by atoms with Crippen molar-refractivity contribution in [1.82, 2.24) is 14.5 Å². The summed E-state index contributed by atoms with van der Waals surface area (Å²) in [5.74, 6) is -0.627. The number of ether oxygens (including phenoxy) is 1. The van der Waals surface area contributed by atoms with E-state index in [2.05, 4.69) is 14.7 Å². The zero-order chi connectivity index (χ0) is 13.3. The zero-order valence-corrected chi connectivity index (χ0v) is 9.89. The maximum atomic E-state index is 11.9. The Hall–Kier alpha value is -2.44. The number of pyridine rings is 1. The molecule has 0 aromatic carbocycles. The van der Waals surface area contributed by atoms with Gasteiger partial charge in [0.2, 0.25) is 0 Å². The maximum Gasteiger partial charge on any atom is 0.356 e. The van der Waals surface area contributed by atoms with Crippen LogP contribution in [0.5, 0.6) is 0 Å². The number of nitrogens with zero attached hydrogens (tertiary/aromatic N) is 2. The summed E-state index contributed by atoms with van der Waals surface area (Å²) in [6.45, 7) is 1.96. The van der Waals surface area contributed by atoms with Crippen LogP contribution in [0.4, 0.5) is 0 Å². The molecular weight excluding hydrogens is 238 g/mol. The highest BCUT2D eigenvalue weighted by atomic mass is 16.5. The second-order valence-corrected chi connectivity index (χ2v) is 3.59. The lowest BCUT2D eigenvalue weighted by Gasteiger charge is -2.04. The molecule has 2 rings (SSSR count). The molecule has 0 fully saturated rings. The molecule has 0 saturated carbocycles. The van der Waals surface area contributed by atoms with Gasteiger partial charge in [-0.1, -0.05) is 0 Å². The van der Waals surface area contributed by atoms with Crippen LogP contribution in [0.25, 0.3) is 10.9 Å². The lowest BCUT2D eigenvalue weighted by atomic mass is 10.2. The van der Waals surface area contributed by atoms with E-state index in [1.165, 1.54) is 19.4 Å².